The first-order chi connectivity index (χ1) is 11.2. The normalized spacial score (nSPS) is 20.5. The third-order valence-electron chi connectivity index (χ3n) is 4.73. The van der Waals surface area contributed by atoms with E-state index in [1.807, 2.05) is 30.2 Å². The van der Waals surface area contributed by atoms with Gasteiger partial charge in [-0.15, -0.1) is 0 Å². The summed E-state index contributed by atoms with van der Waals surface area (Å²) >= 11 is 0. The van der Waals surface area contributed by atoms with E-state index in [0.717, 1.165) is 17.7 Å². The zero-order valence-electron chi connectivity index (χ0n) is 15.7. The summed E-state index contributed by atoms with van der Waals surface area (Å²) in [5.74, 6) is 2.83. The van der Waals surface area contributed by atoms with Crippen molar-refractivity contribution in [3.63, 3.8) is 0 Å². The standard InChI is InChI=1S/C19H29BO4/c1-15(22-14-16-9-11-17(21-6)12-10-16)8-7-13-20-23-18(2,3)19(4,5)24-20/h7,9-13,15H,8,14H2,1-6H3/t15-/m1/s1. The molecule has 1 aliphatic heterocycles. The summed E-state index contributed by atoms with van der Waals surface area (Å²) in [5, 5.41) is 0. The van der Waals surface area contributed by atoms with Crippen LogP contribution in [0.3, 0.4) is 0 Å². The number of hydrogen-bond acceptors (Lipinski definition) is 4. The van der Waals surface area contributed by atoms with E-state index in [0.29, 0.717) is 6.61 Å². The van der Waals surface area contributed by atoms with Crippen LogP contribution in [0, 0.1) is 0 Å². The highest BCUT2D eigenvalue weighted by Crippen LogP contribution is 2.36. The van der Waals surface area contributed by atoms with Gasteiger partial charge in [0.25, 0.3) is 0 Å². The Morgan fingerprint density at radius 1 is 1.08 bits per heavy atom. The maximum Gasteiger partial charge on any atom is 0.486 e. The molecule has 1 saturated heterocycles. The molecule has 4 nitrogen and oxygen atoms in total. The molecule has 0 N–H and O–H groups in total. The van der Waals surface area contributed by atoms with Gasteiger partial charge >= 0.3 is 7.12 Å². The maximum atomic E-state index is 5.94. The zero-order chi connectivity index (χ0) is 17.8. The first kappa shape index (κ1) is 19.0. The van der Waals surface area contributed by atoms with Crippen LogP contribution in [0.5, 0.6) is 5.75 Å². The highest BCUT2D eigenvalue weighted by molar-refractivity contribution is 6.51. The molecule has 24 heavy (non-hydrogen) atoms. The van der Waals surface area contributed by atoms with Gasteiger partial charge in [0.1, 0.15) is 5.75 Å². The van der Waals surface area contributed by atoms with Crippen LogP contribution in [0.15, 0.2) is 36.3 Å². The zero-order valence-corrected chi connectivity index (χ0v) is 15.7. The molecule has 5 heteroatoms. The molecule has 1 heterocycles. The minimum atomic E-state index is -0.293. The molecule has 1 aromatic carbocycles. The highest BCUT2D eigenvalue weighted by atomic mass is 16.7. The van der Waals surface area contributed by atoms with Crippen LogP contribution in [-0.2, 0) is 20.7 Å². The first-order valence-electron chi connectivity index (χ1n) is 8.50. The summed E-state index contributed by atoms with van der Waals surface area (Å²) in [4.78, 5) is 0. The molecule has 0 aromatic heterocycles. The molecular weight excluding hydrogens is 303 g/mol. The molecule has 1 fully saturated rings. The Bertz CT molecular complexity index is 535. The Balaban J connectivity index is 1.74. The summed E-state index contributed by atoms with van der Waals surface area (Å²) in [6.07, 6.45) is 3.02. The molecule has 0 spiro atoms. The Labute approximate surface area is 146 Å². The fourth-order valence-corrected chi connectivity index (χ4v) is 2.38. The SMILES string of the molecule is COc1ccc(CO[C@H](C)CC=CB2OC(C)(C)C(C)(C)O2)cc1. The van der Waals surface area contributed by atoms with Crippen molar-refractivity contribution in [2.75, 3.05) is 7.11 Å². The number of rotatable bonds is 7. The van der Waals surface area contributed by atoms with Crippen molar-refractivity contribution in [1.29, 1.82) is 0 Å². The summed E-state index contributed by atoms with van der Waals surface area (Å²) in [6.45, 7) is 10.9. The van der Waals surface area contributed by atoms with Crippen LogP contribution >= 0.6 is 0 Å². The second-order valence-corrected chi connectivity index (χ2v) is 7.26. The third-order valence-corrected chi connectivity index (χ3v) is 4.73. The Morgan fingerprint density at radius 2 is 1.67 bits per heavy atom. The first-order valence-corrected chi connectivity index (χ1v) is 8.50. The van der Waals surface area contributed by atoms with Gasteiger partial charge in [0.05, 0.1) is 31.0 Å². The number of benzene rings is 1. The number of hydrogen-bond donors (Lipinski definition) is 0. The van der Waals surface area contributed by atoms with Crippen molar-refractivity contribution in [2.45, 2.75) is 65.0 Å². The summed E-state index contributed by atoms with van der Waals surface area (Å²) < 4.78 is 22.9. The minimum absolute atomic E-state index is 0.130. The third kappa shape index (κ3) is 4.85. The average molecular weight is 332 g/mol. The quantitative estimate of drug-likeness (QED) is 0.702. The molecule has 2 rings (SSSR count). The van der Waals surface area contributed by atoms with Crippen molar-refractivity contribution in [2.24, 2.45) is 0 Å². The maximum absolute atomic E-state index is 5.94. The van der Waals surface area contributed by atoms with Crippen LogP contribution in [-0.4, -0.2) is 31.5 Å². The van der Waals surface area contributed by atoms with Crippen molar-refractivity contribution < 1.29 is 18.8 Å². The molecule has 132 valence electrons. The Morgan fingerprint density at radius 3 is 2.21 bits per heavy atom. The van der Waals surface area contributed by atoms with E-state index < -0.39 is 0 Å². The van der Waals surface area contributed by atoms with Crippen molar-refractivity contribution in [3.05, 3.63) is 41.9 Å². The van der Waals surface area contributed by atoms with Crippen molar-refractivity contribution >= 4 is 7.12 Å². The topological polar surface area (TPSA) is 36.9 Å². The molecule has 1 atom stereocenters. The van der Waals surface area contributed by atoms with E-state index in [-0.39, 0.29) is 24.4 Å². The predicted molar refractivity (Wildman–Crippen MR) is 97.1 cm³/mol. The van der Waals surface area contributed by atoms with Gasteiger partial charge in [0, 0.05) is 0 Å². The molecule has 0 amide bonds. The van der Waals surface area contributed by atoms with Gasteiger partial charge in [-0.1, -0.05) is 24.2 Å². The second kappa shape index (κ2) is 7.73. The Kier molecular flexibility index (Phi) is 6.13. The van der Waals surface area contributed by atoms with Gasteiger partial charge in [0.2, 0.25) is 0 Å². The van der Waals surface area contributed by atoms with Gasteiger partial charge in [-0.3, -0.25) is 0 Å². The van der Waals surface area contributed by atoms with Crippen LogP contribution < -0.4 is 4.74 Å². The molecule has 0 saturated carbocycles. The average Bonchev–Trinajstić information content (AvgIpc) is 2.73. The van der Waals surface area contributed by atoms with Gasteiger partial charge in [-0.25, -0.2) is 0 Å². The van der Waals surface area contributed by atoms with Gasteiger partial charge in [-0.2, -0.15) is 0 Å². The summed E-state index contributed by atoms with van der Waals surface area (Å²) in [7, 11) is 1.38. The summed E-state index contributed by atoms with van der Waals surface area (Å²) in [5.41, 5.74) is 0.550. The second-order valence-electron chi connectivity index (χ2n) is 7.26. The highest BCUT2D eigenvalue weighted by Gasteiger charge is 2.49. The molecule has 0 bridgehead atoms. The number of ether oxygens (including phenoxy) is 2. The van der Waals surface area contributed by atoms with Crippen molar-refractivity contribution in [1.82, 2.24) is 0 Å². The largest absolute Gasteiger partial charge is 0.497 e. The Hall–Kier alpha value is -1.30. The fourth-order valence-electron chi connectivity index (χ4n) is 2.38. The molecule has 0 unspecified atom stereocenters. The fraction of sp³-hybridized carbons (Fsp3) is 0.579. The smallest absolute Gasteiger partial charge is 0.486 e. The minimum Gasteiger partial charge on any atom is -0.497 e. The van der Waals surface area contributed by atoms with Gasteiger partial charge in [0.15, 0.2) is 0 Å². The monoisotopic (exact) mass is 332 g/mol. The van der Waals surface area contributed by atoms with Gasteiger partial charge in [-0.05, 0) is 58.7 Å². The molecule has 0 aliphatic carbocycles. The van der Waals surface area contributed by atoms with E-state index >= 15 is 0 Å². The van der Waals surface area contributed by atoms with Crippen LogP contribution in [0.2, 0.25) is 0 Å². The lowest BCUT2D eigenvalue weighted by atomic mass is 9.89. The number of methoxy groups -OCH3 is 1. The lowest BCUT2D eigenvalue weighted by molar-refractivity contribution is 0.00578. The van der Waals surface area contributed by atoms with Crippen LogP contribution in [0.25, 0.3) is 0 Å². The van der Waals surface area contributed by atoms with Crippen molar-refractivity contribution in [3.8, 4) is 5.75 Å². The molecule has 0 radical (unpaired) electrons. The van der Waals surface area contributed by atoms with Gasteiger partial charge < -0.3 is 18.8 Å². The lowest BCUT2D eigenvalue weighted by Gasteiger charge is -2.32. The van der Waals surface area contributed by atoms with Crippen LogP contribution in [0.1, 0.15) is 46.6 Å². The summed E-state index contributed by atoms with van der Waals surface area (Å²) in [6, 6.07) is 7.93. The lowest BCUT2D eigenvalue weighted by Crippen LogP contribution is -2.41. The molecule has 1 aromatic rings. The van der Waals surface area contributed by atoms with E-state index in [2.05, 4.69) is 40.7 Å². The van der Waals surface area contributed by atoms with E-state index in [1.54, 1.807) is 7.11 Å². The van der Waals surface area contributed by atoms with Crippen LogP contribution in [0.4, 0.5) is 0 Å². The van der Waals surface area contributed by atoms with E-state index in [4.69, 9.17) is 18.8 Å². The van der Waals surface area contributed by atoms with E-state index in [9.17, 15) is 0 Å². The molecular formula is C19H29BO4. The predicted octanol–water partition coefficient (Wildman–Crippen LogP) is 4.18. The van der Waals surface area contributed by atoms with E-state index in [1.165, 1.54) is 0 Å². The molecule has 1 aliphatic rings.